The van der Waals surface area contributed by atoms with Crippen molar-refractivity contribution in [2.45, 2.75) is 31.7 Å². The molecule has 1 aliphatic carbocycles. The summed E-state index contributed by atoms with van der Waals surface area (Å²) in [7, 11) is 0. The number of nitrogens with zero attached hydrogens (tertiary/aromatic N) is 2. The molecular formula is C10H15N3. The third kappa shape index (κ3) is 1.86. The molecule has 0 saturated heterocycles. The van der Waals surface area contributed by atoms with Crippen LogP contribution >= 0.6 is 0 Å². The molecular weight excluding hydrogens is 162 g/mol. The van der Waals surface area contributed by atoms with Crippen molar-refractivity contribution in [1.29, 1.82) is 0 Å². The summed E-state index contributed by atoms with van der Waals surface area (Å²) in [4.78, 5) is 8.37. The number of aromatic nitrogens is 2. The second-order valence-corrected chi connectivity index (χ2v) is 3.68. The minimum atomic E-state index is 0.0451. The summed E-state index contributed by atoms with van der Waals surface area (Å²) in [5.74, 6) is 1.40. The summed E-state index contributed by atoms with van der Waals surface area (Å²) in [6.45, 7) is 0. The highest BCUT2D eigenvalue weighted by Gasteiger charge is 2.24. The Morgan fingerprint density at radius 3 is 2.46 bits per heavy atom. The van der Waals surface area contributed by atoms with Crippen molar-refractivity contribution in [3.8, 4) is 0 Å². The number of hydrogen-bond acceptors (Lipinski definition) is 3. The molecule has 1 heterocycles. The molecule has 1 atom stereocenters. The van der Waals surface area contributed by atoms with Crippen molar-refractivity contribution >= 4 is 0 Å². The highest BCUT2D eigenvalue weighted by atomic mass is 14.9. The molecule has 0 amide bonds. The quantitative estimate of drug-likeness (QED) is 0.747. The summed E-state index contributed by atoms with van der Waals surface area (Å²) in [5, 5.41) is 0. The minimum absolute atomic E-state index is 0.0451. The van der Waals surface area contributed by atoms with Crippen molar-refractivity contribution in [2.75, 3.05) is 0 Å². The van der Waals surface area contributed by atoms with Gasteiger partial charge < -0.3 is 5.73 Å². The number of hydrogen-bond donors (Lipinski definition) is 1. The third-order valence-corrected chi connectivity index (χ3v) is 2.79. The van der Waals surface area contributed by atoms with Crippen LogP contribution in [0.25, 0.3) is 0 Å². The zero-order valence-electron chi connectivity index (χ0n) is 7.69. The molecule has 2 N–H and O–H groups in total. The van der Waals surface area contributed by atoms with Gasteiger partial charge in [0.1, 0.15) is 5.82 Å². The maximum Gasteiger partial charge on any atom is 0.145 e. The van der Waals surface area contributed by atoms with Gasteiger partial charge in [0.15, 0.2) is 0 Å². The molecule has 1 aromatic heterocycles. The molecule has 0 unspecified atom stereocenters. The number of nitrogens with two attached hydrogens (primary N) is 1. The van der Waals surface area contributed by atoms with Crippen molar-refractivity contribution in [2.24, 2.45) is 11.7 Å². The van der Waals surface area contributed by atoms with E-state index >= 15 is 0 Å². The Hall–Kier alpha value is -0.960. The zero-order valence-corrected chi connectivity index (χ0v) is 7.69. The van der Waals surface area contributed by atoms with Crippen LogP contribution in [0.5, 0.6) is 0 Å². The third-order valence-electron chi connectivity index (χ3n) is 2.79. The van der Waals surface area contributed by atoms with E-state index in [0.717, 1.165) is 5.82 Å². The van der Waals surface area contributed by atoms with Crippen molar-refractivity contribution < 1.29 is 0 Å². The first-order valence-electron chi connectivity index (χ1n) is 4.90. The van der Waals surface area contributed by atoms with E-state index in [-0.39, 0.29) is 6.04 Å². The van der Waals surface area contributed by atoms with Gasteiger partial charge in [-0.2, -0.15) is 0 Å². The van der Waals surface area contributed by atoms with Gasteiger partial charge in [-0.15, -0.1) is 0 Å². The van der Waals surface area contributed by atoms with Gasteiger partial charge in [0.05, 0.1) is 6.04 Å². The molecule has 2 rings (SSSR count). The molecule has 70 valence electrons. The largest absolute Gasteiger partial charge is 0.321 e. The molecule has 1 saturated carbocycles. The highest BCUT2D eigenvalue weighted by molar-refractivity contribution is 4.97. The van der Waals surface area contributed by atoms with Gasteiger partial charge in [-0.05, 0) is 24.8 Å². The van der Waals surface area contributed by atoms with Crippen molar-refractivity contribution in [3.05, 3.63) is 24.3 Å². The van der Waals surface area contributed by atoms with E-state index in [9.17, 15) is 0 Å². The van der Waals surface area contributed by atoms with E-state index < -0.39 is 0 Å². The summed E-state index contributed by atoms with van der Waals surface area (Å²) >= 11 is 0. The van der Waals surface area contributed by atoms with E-state index in [2.05, 4.69) is 9.97 Å². The van der Waals surface area contributed by atoms with Gasteiger partial charge in [-0.3, -0.25) is 0 Å². The first kappa shape index (κ1) is 8.63. The lowest BCUT2D eigenvalue weighted by Gasteiger charge is -2.16. The van der Waals surface area contributed by atoms with E-state index in [1.807, 2.05) is 6.07 Å². The lowest BCUT2D eigenvalue weighted by Crippen LogP contribution is -2.21. The molecule has 0 radical (unpaired) electrons. The lowest BCUT2D eigenvalue weighted by molar-refractivity contribution is 0.427. The summed E-state index contributed by atoms with van der Waals surface area (Å²) in [6.07, 6.45) is 8.61. The molecule has 1 aromatic rings. The Labute approximate surface area is 78.4 Å². The second kappa shape index (κ2) is 3.83. The molecule has 1 aliphatic rings. The first-order valence-corrected chi connectivity index (χ1v) is 4.90. The SMILES string of the molecule is N[C@@H](c1ncccn1)C1CCCC1. The van der Waals surface area contributed by atoms with Gasteiger partial charge in [0, 0.05) is 12.4 Å². The predicted molar refractivity (Wildman–Crippen MR) is 50.9 cm³/mol. The summed E-state index contributed by atoms with van der Waals surface area (Å²) in [6, 6.07) is 1.87. The van der Waals surface area contributed by atoms with Crippen LogP contribution in [0, 0.1) is 5.92 Å². The standard InChI is InChI=1S/C10H15N3/c11-9(8-4-1-2-5-8)10-12-6-3-7-13-10/h3,6-9H,1-2,4-5,11H2/t9-/m1/s1. The molecule has 0 aromatic carbocycles. The van der Waals surface area contributed by atoms with Gasteiger partial charge in [-0.1, -0.05) is 12.8 Å². The average Bonchev–Trinajstić information content (AvgIpc) is 2.71. The van der Waals surface area contributed by atoms with Crippen LogP contribution in [0.15, 0.2) is 18.5 Å². The van der Waals surface area contributed by atoms with Crippen LogP contribution in [0.1, 0.15) is 37.5 Å². The zero-order chi connectivity index (χ0) is 9.10. The Balaban J connectivity index is 2.08. The van der Waals surface area contributed by atoms with E-state index in [1.165, 1.54) is 25.7 Å². The normalized spacial score (nSPS) is 20.4. The Morgan fingerprint density at radius 2 is 1.85 bits per heavy atom. The van der Waals surface area contributed by atoms with E-state index in [0.29, 0.717) is 5.92 Å². The maximum absolute atomic E-state index is 6.08. The Kier molecular flexibility index (Phi) is 2.54. The monoisotopic (exact) mass is 177 g/mol. The van der Waals surface area contributed by atoms with E-state index in [1.54, 1.807) is 12.4 Å². The van der Waals surface area contributed by atoms with Crippen LogP contribution in [-0.2, 0) is 0 Å². The molecule has 1 fully saturated rings. The highest BCUT2D eigenvalue weighted by Crippen LogP contribution is 2.32. The van der Waals surface area contributed by atoms with Crippen LogP contribution in [0.2, 0.25) is 0 Å². The fraction of sp³-hybridized carbons (Fsp3) is 0.600. The van der Waals surface area contributed by atoms with Crippen LogP contribution in [0.3, 0.4) is 0 Å². The molecule has 3 heteroatoms. The molecule has 3 nitrogen and oxygen atoms in total. The molecule has 13 heavy (non-hydrogen) atoms. The van der Waals surface area contributed by atoms with Crippen LogP contribution in [0.4, 0.5) is 0 Å². The topological polar surface area (TPSA) is 51.8 Å². The predicted octanol–water partition coefficient (Wildman–Crippen LogP) is 1.67. The molecule has 0 spiro atoms. The summed E-state index contributed by atoms with van der Waals surface area (Å²) in [5.41, 5.74) is 6.08. The molecule has 0 bridgehead atoms. The van der Waals surface area contributed by atoms with Gasteiger partial charge in [-0.25, -0.2) is 9.97 Å². The summed E-state index contributed by atoms with van der Waals surface area (Å²) < 4.78 is 0. The second-order valence-electron chi connectivity index (χ2n) is 3.68. The Morgan fingerprint density at radius 1 is 1.23 bits per heavy atom. The van der Waals surface area contributed by atoms with Gasteiger partial charge >= 0.3 is 0 Å². The average molecular weight is 177 g/mol. The smallest absolute Gasteiger partial charge is 0.145 e. The van der Waals surface area contributed by atoms with Gasteiger partial charge in [0.2, 0.25) is 0 Å². The van der Waals surface area contributed by atoms with Crippen molar-refractivity contribution in [1.82, 2.24) is 9.97 Å². The lowest BCUT2D eigenvalue weighted by atomic mass is 9.98. The molecule has 0 aliphatic heterocycles. The van der Waals surface area contributed by atoms with Gasteiger partial charge in [0.25, 0.3) is 0 Å². The van der Waals surface area contributed by atoms with Crippen LogP contribution in [-0.4, -0.2) is 9.97 Å². The number of rotatable bonds is 2. The fourth-order valence-electron chi connectivity index (χ4n) is 2.01. The maximum atomic E-state index is 6.08. The minimum Gasteiger partial charge on any atom is -0.321 e. The van der Waals surface area contributed by atoms with E-state index in [4.69, 9.17) is 5.73 Å². The van der Waals surface area contributed by atoms with Crippen molar-refractivity contribution in [3.63, 3.8) is 0 Å². The Bertz CT molecular complexity index is 254. The van der Waals surface area contributed by atoms with Crippen LogP contribution < -0.4 is 5.73 Å². The fourth-order valence-corrected chi connectivity index (χ4v) is 2.01. The first-order chi connectivity index (χ1) is 6.38.